The molecule has 0 bridgehead atoms. The van der Waals surface area contributed by atoms with Crippen LogP contribution in [-0.4, -0.2) is 35.1 Å². The highest BCUT2D eigenvalue weighted by atomic mass is 16.2. The van der Waals surface area contributed by atoms with Crippen LogP contribution in [0.5, 0.6) is 0 Å². The molecule has 1 aliphatic carbocycles. The standard InChI is InChI=1S/C13H18N2O3/c14-10-4-3-9(8-10)11(16)2-1-7-15-12(17)5-6-13(15)18/h5-6,9-10H,1-4,7-8,14H2/t9-,10+/m0/s1. The van der Waals surface area contributed by atoms with Gasteiger partial charge in [0.05, 0.1) is 0 Å². The zero-order valence-corrected chi connectivity index (χ0v) is 10.3. The predicted molar refractivity (Wildman–Crippen MR) is 65.4 cm³/mol. The summed E-state index contributed by atoms with van der Waals surface area (Å²) in [7, 11) is 0. The fourth-order valence-corrected chi connectivity index (χ4v) is 2.58. The second-order valence-corrected chi connectivity index (χ2v) is 5.00. The molecule has 2 rings (SSSR count). The molecule has 18 heavy (non-hydrogen) atoms. The molecule has 1 heterocycles. The molecular formula is C13H18N2O3. The van der Waals surface area contributed by atoms with Gasteiger partial charge in [0.25, 0.3) is 11.8 Å². The van der Waals surface area contributed by atoms with E-state index in [9.17, 15) is 14.4 Å². The van der Waals surface area contributed by atoms with Gasteiger partial charge >= 0.3 is 0 Å². The maximum absolute atomic E-state index is 11.9. The molecule has 1 fully saturated rings. The van der Waals surface area contributed by atoms with Crippen molar-refractivity contribution in [2.45, 2.75) is 38.1 Å². The number of hydrogen-bond acceptors (Lipinski definition) is 4. The summed E-state index contributed by atoms with van der Waals surface area (Å²) >= 11 is 0. The zero-order chi connectivity index (χ0) is 13.1. The molecule has 5 heteroatoms. The molecule has 2 atom stereocenters. The number of rotatable bonds is 5. The fourth-order valence-electron chi connectivity index (χ4n) is 2.58. The summed E-state index contributed by atoms with van der Waals surface area (Å²) in [6, 6.07) is 0.157. The number of Topliss-reactive ketones (excluding diaryl/α,β-unsaturated/α-hetero) is 1. The predicted octanol–water partition coefficient (Wildman–Crippen LogP) is 0.388. The third kappa shape index (κ3) is 2.85. The van der Waals surface area contributed by atoms with Gasteiger partial charge in [-0.05, 0) is 25.7 Å². The SMILES string of the molecule is N[C@@H]1CC[C@H](C(=O)CCCN2C(=O)C=CC2=O)C1. The maximum Gasteiger partial charge on any atom is 0.253 e. The van der Waals surface area contributed by atoms with Crippen LogP contribution in [0.1, 0.15) is 32.1 Å². The molecule has 1 saturated carbocycles. The van der Waals surface area contributed by atoms with E-state index in [0.29, 0.717) is 19.4 Å². The van der Waals surface area contributed by atoms with Gasteiger partial charge in [0, 0.05) is 37.1 Å². The van der Waals surface area contributed by atoms with Gasteiger partial charge < -0.3 is 5.73 Å². The molecule has 2 N–H and O–H groups in total. The number of amides is 2. The molecule has 0 radical (unpaired) electrons. The van der Waals surface area contributed by atoms with E-state index < -0.39 is 0 Å². The van der Waals surface area contributed by atoms with Crippen molar-refractivity contribution < 1.29 is 14.4 Å². The van der Waals surface area contributed by atoms with Crippen molar-refractivity contribution in [2.24, 2.45) is 11.7 Å². The Balaban J connectivity index is 1.71. The number of nitrogens with two attached hydrogens (primary N) is 1. The summed E-state index contributed by atoms with van der Waals surface area (Å²) in [5.74, 6) is -0.260. The van der Waals surface area contributed by atoms with Crippen LogP contribution >= 0.6 is 0 Å². The van der Waals surface area contributed by atoms with E-state index in [1.165, 1.54) is 17.1 Å². The van der Waals surface area contributed by atoms with Gasteiger partial charge in [-0.2, -0.15) is 0 Å². The number of ketones is 1. The Morgan fingerprint density at radius 1 is 1.28 bits per heavy atom. The average molecular weight is 250 g/mol. The van der Waals surface area contributed by atoms with E-state index in [4.69, 9.17) is 5.73 Å². The molecule has 5 nitrogen and oxygen atoms in total. The Morgan fingerprint density at radius 3 is 2.50 bits per heavy atom. The van der Waals surface area contributed by atoms with Crippen molar-refractivity contribution in [1.29, 1.82) is 0 Å². The summed E-state index contributed by atoms with van der Waals surface area (Å²) < 4.78 is 0. The highest BCUT2D eigenvalue weighted by Crippen LogP contribution is 2.26. The first-order chi connectivity index (χ1) is 8.58. The van der Waals surface area contributed by atoms with Crippen molar-refractivity contribution in [1.82, 2.24) is 4.90 Å². The van der Waals surface area contributed by atoms with Gasteiger partial charge in [0.1, 0.15) is 5.78 Å². The molecule has 2 aliphatic rings. The number of imide groups is 1. The van der Waals surface area contributed by atoms with Gasteiger partial charge in [0.15, 0.2) is 0 Å². The van der Waals surface area contributed by atoms with Gasteiger partial charge in [-0.15, -0.1) is 0 Å². The maximum atomic E-state index is 11.9. The largest absolute Gasteiger partial charge is 0.328 e. The van der Waals surface area contributed by atoms with Crippen LogP contribution in [0.2, 0.25) is 0 Å². The molecule has 2 amide bonds. The monoisotopic (exact) mass is 250 g/mol. The van der Waals surface area contributed by atoms with Crippen LogP contribution in [0.15, 0.2) is 12.2 Å². The third-order valence-corrected chi connectivity index (χ3v) is 3.63. The van der Waals surface area contributed by atoms with Gasteiger partial charge in [-0.3, -0.25) is 19.3 Å². The van der Waals surface area contributed by atoms with E-state index in [0.717, 1.165) is 19.3 Å². The van der Waals surface area contributed by atoms with Gasteiger partial charge in [0.2, 0.25) is 0 Å². The minimum atomic E-state index is -0.282. The molecule has 98 valence electrons. The van der Waals surface area contributed by atoms with E-state index in [1.54, 1.807) is 0 Å². The lowest BCUT2D eigenvalue weighted by Gasteiger charge is -2.14. The van der Waals surface area contributed by atoms with Gasteiger partial charge in [-0.25, -0.2) is 0 Å². The topological polar surface area (TPSA) is 80.5 Å². The lowest BCUT2D eigenvalue weighted by Crippen LogP contribution is -2.31. The summed E-state index contributed by atoms with van der Waals surface area (Å²) in [5.41, 5.74) is 5.77. The Labute approximate surface area is 106 Å². The third-order valence-electron chi connectivity index (χ3n) is 3.63. The van der Waals surface area contributed by atoms with Crippen LogP contribution in [0, 0.1) is 5.92 Å². The van der Waals surface area contributed by atoms with Crippen LogP contribution in [0.25, 0.3) is 0 Å². The minimum absolute atomic E-state index is 0.0862. The van der Waals surface area contributed by atoms with Crippen molar-refractivity contribution in [3.63, 3.8) is 0 Å². The lowest BCUT2D eigenvalue weighted by molar-refractivity contribution is -0.137. The van der Waals surface area contributed by atoms with Gasteiger partial charge in [-0.1, -0.05) is 0 Å². The number of carbonyl (C=O) groups is 3. The lowest BCUT2D eigenvalue weighted by atomic mass is 9.98. The van der Waals surface area contributed by atoms with Crippen LogP contribution in [0.4, 0.5) is 0 Å². The fraction of sp³-hybridized carbons (Fsp3) is 0.615. The highest BCUT2D eigenvalue weighted by Gasteiger charge is 2.28. The Bertz CT molecular complexity index is 385. The summed E-state index contributed by atoms with van der Waals surface area (Å²) in [4.78, 5) is 35.6. The first-order valence-corrected chi connectivity index (χ1v) is 6.40. The molecule has 0 aromatic heterocycles. The Morgan fingerprint density at radius 2 is 1.94 bits per heavy atom. The molecule has 1 aliphatic heterocycles. The minimum Gasteiger partial charge on any atom is -0.328 e. The number of carbonyl (C=O) groups excluding carboxylic acids is 3. The molecule has 0 spiro atoms. The molecule has 0 aromatic rings. The quantitative estimate of drug-likeness (QED) is 0.716. The van der Waals surface area contributed by atoms with E-state index >= 15 is 0 Å². The average Bonchev–Trinajstić information content (AvgIpc) is 2.89. The first-order valence-electron chi connectivity index (χ1n) is 6.40. The first kappa shape index (κ1) is 13.0. The number of hydrogen-bond donors (Lipinski definition) is 1. The summed E-state index contributed by atoms with van der Waals surface area (Å²) in [6.07, 6.45) is 6.08. The highest BCUT2D eigenvalue weighted by molar-refractivity contribution is 6.12. The van der Waals surface area contributed by atoms with E-state index in [-0.39, 0.29) is 29.6 Å². The number of nitrogens with zero attached hydrogens (tertiary/aromatic N) is 1. The smallest absolute Gasteiger partial charge is 0.253 e. The zero-order valence-electron chi connectivity index (χ0n) is 10.3. The molecule has 0 saturated heterocycles. The van der Waals surface area contributed by atoms with Crippen molar-refractivity contribution in [3.05, 3.63) is 12.2 Å². The molecular weight excluding hydrogens is 232 g/mol. The summed E-state index contributed by atoms with van der Waals surface area (Å²) in [6.45, 7) is 0.329. The van der Waals surface area contributed by atoms with Crippen molar-refractivity contribution in [2.75, 3.05) is 6.54 Å². The van der Waals surface area contributed by atoms with E-state index in [2.05, 4.69) is 0 Å². The second kappa shape index (κ2) is 5.44. The Hall–Kier alpha value is -1.49. The molecule has 0 unspecified atom stereocenters. The van der Waals surface area contributed by atoms with Crippen LogP contribution in [-0.2, 0) is 14.4 Å². The van der Waals surface area contributed by atoms with Crippen molar-refractivity contribution in [3.8, 4) is 0 Å². The van der Waals surface area contributed by atoms with Crippen LogP contribution < -0.4 is 5.73 Å². The Kier molecular flexibility index (Phi) is 3.91. The normalized spacial score (nSPS) is 27.3. The van der Waals surface area contributed by atoms with Crippen LogP contribution in [0.3, 0.4) is 0 Å². The molecule has 0 aromatic carbocycles. The van der Waals surface area contributed by atoms with Crippen molar-refractivity contribution >= 4 is 17.6 Å². The van der Waals surface area contributed by atoms with E-state index in [1.807, 2.05) is 0 Å². The second-order valence-electron chi connectivity index (χ2n) is 5.00. The summed E-state index contributed by atoms with van der Waals surface area (Å²) in [5, 5.41) is 0.